The molecule has 126 valence electrons. The zero-order chi connectivity index (χ0) is 16.1. The third-order valence-electron chi connectivity index (χ3n) is 4.73. The fraction of sp³-hybridized carbons (Fsp3) is 0.611. The number of carbonyl (C=O) groups excluding carboxylic acids is 1. The maximum atomic E-state index is 11.1. The van der Waals surface area contributed by atoms with E-state index in [1.807, 2.05) is 0 Å². The Morgan fingerprint density at radius 3 is 2.52 bits per heavy atom. The lowest BCUT2D eigenvalue weighted by molar-refractivity contribution is -0.121. The second-order valence-electron chi connectivity index (χ2n) is 6.55. The number of benzene rings is 1. The van der Waals surface area contributed by atoms with Crippen LogP contribution in [0.5, 0.6) is 0 Å². The third kappa shape index (κ3) is 4.69. The van der Waals surface area contributed by atoms with E-state index in [0.717, 1.165) is 45.6 Å². The fourth-order valence-corrected chi connectivity index (χ4v) is 3.47. The SMILES string of the molecule is CC(=O)N[C@@H]1CC[C@@H](CN2CCN(c3ccccc3)CC2)OC1. The van der Waals surface area contributed by atoms with Gasteiger partial charge >= 0.3 is 0 Å². The Morgan fingerprint density at radius 2 is 1.91 bits per heavy atom. The van der Waals surface area contributed by atoms with Gasteiger partial charge in [0.15, 0.2) is 0 Å². The molecule has 2 aliphatic rings. The highest BCUT2D eigenvalue weighted by atomic mass is 16.5. The molecule has 0 bridgehead atoms. The first kappa shape index (κ1) is 16.3. The predicted octanol–water partition coefficient (Wildman–Crippen LogP) is 1.49. The number of hydrogen-bond acceptors (Lipinski definition) is 4. The van der Waals surface area contributed by atoms with E-state index in [2.05, 4.69) is 45.4 Å². The molecule has 1 aromatic rings. The van der Waals surface area contributed by atoms with Crippen LogP contribution in [0.2, 0.25) is 0 Å². The van der Waals surface area contributed by atoms with Crippen molar-refractivity contribution in [1.82, 2.24) is 10.2 Å². The average molecular weight is 317 g/mol. The van der Waals surface area contributed by atoms with Crippen molar-refractivity contribution in [2.45, 2.75) is 31.9 Å². The van der Waals surface area contributed by atoms with Crippen LogP contribution in [0.15, 0.2) is 30.3 Å². The van der Waals surface area contributed by atoms with E-state index in [1.54, 1.807) is 6.92 Å². The number of anilines is 1. The lowest BCUT2D eigenvalue weighted by Crippen LogP contribution is -2.50. The van der Waals surface area contributed by atoms with Gasteiger partial charge in [-0.25, -0.2) is 0 Å². The molecule has 0 spiro atoms. The van der Waals surface area contributed by atoms with Gasteiger partial charge in [0, 0.05) is 45.3 Å². The number of ether oxygens (including phenoxy) is 1. The molecule has 0 aliphatic carbocycles. The first-order valence-corrected chi connectivity index (χ1v) is 8.62. The zero-order valence-electron chi connectivity index (χ0n) is 13.9. The normalized spacial score (nSPS) is 26.0. The van der Waals surface area contributed by atoms with Crippen LogP contribution in [0.25, 0.3) is 0 Å². The van der Waals surface area contributed by atoms with E-state index in [0.29, 0.717) is 12.7 Å². The number of rotatable bonds is 4. The van der Waals surface area contributed by atoms with Crippen LogP contribution in [0.1, 0.15) is 19.8 Å². The van der Waals surface area contributed by atoms with Crippen LogP contribution in [-0.4, -0.2) is 62.3 Å². The number of nitrogens with one attached hydrogen (secondary N) is 1. The van der Waals surface area contributed by atoms with Crippen molar-refractivity contribution in [2.75, 3.05) is 44.2 Å². The van der Waals surface area contributed by atoms with Crippen LogP contribution in [0, 0.1) is 0 Å². The Kier molecular flexibility index (Phi) is 5.51. The lowest BCUT2D eigenvalue weighted by atomic mass is 10.0. The maximum absolute atomic E-state index is 11.1. The number of carbonyl (C=O) groups is 1. The fourth-order valence-electron chi connectivity index (χ4n) is 3.47. The topological polar surface area (TPSA) is 44.8 Å². The minimum atomic E-state index is 0.0362. The summed E-state index contributed by atoms with van der Waals surface area (Å²) in [7, 11) is 0. The van der Waals surface area contributed by atoms with E-state index < -0.39 is 0 Å². The van der Waals surface area contributed by atoms with E-state index in [4.69, 9.17) is 4.74 Å². The summed E-state index contributed by atoms with van der Waals surface area (Å²) < 4.78 is 5.94. The highest BCUT2D eigenvalue weighted by Crippen LogP contribution is 2.18. The molecule has 0 radical (unpaired) electrons. The van der Waals surface area contributed by atoms with Gasteiger partial charge in [0.05, 0.1) is 18.8 Å². The van der Waals surface area contributed by atoms with Crippen molar-refractivity contribution in [2.24, 2.45) is 0 Å². The molecule has 2 heterocycles. The van der Waals surface area contributed by atoms with Crippen molar-refractivity contribution in [1.29, 1.82) is 0 Å². The average Bonchev–Trinajstić information content (AvgIpc) is 2.58. The van der Waals surface area contributed by atoms with Gasteiger partial charge in [-0.3, -0.25) is 9.69 Å². The summed E-state index contributed by atoms with van der Waals surface area (Å²) in [6, 6.07) is 10.8. The summed E-state index contributed by atoms with van der Waals surface area (Å²) >= 11 is 0. The molecule has 1 aromatic carbocycles. The molecule has 23 heavy (non-hydrogen) atoms. The molecule has 5 nitrogen and oxygen atoms in total. The molecular formula is C18H27N3O2. The van der Waals surface area contributed by atoms with E-state index >= 15 is 0 Å². The Morgan fingerprint density at radius 1 is 1.17 bits per heavy atom. The highest BCUT2D eigenvalue weighted by Gasteiger charge is 2.25. The Bertz CT molecular complexity index is 492. The standard InChI is InChI=1S/C18H27N3O2/c1-15(22)19-16-7-8-18(23-14-16)13-20-9-11-21(12-10-20)17-5-3-2-4-6-17/h2-6,16,18H,7-14H2,1H3,(H,19,22)/t16-,18+/m1/s1. The molecule has 1 N–H and O–H groups in total. The van der Waals surface area contributed by atoms with Gasteiger partial charge in [-0.05, 0) is 25.0 Å². The maximum Gasteiger partial charge on any atom is 0.217 e. The van der Waals surface area contributed by atoms with Crippen molar-refractivity contribution in [3.8, 4) is 0 Å². The van der Waals surface area contributed by atoms with Gasteiger partial charge in [-0.1, -0.05) is 18.2 Å². The van der Waals surface area contributed by atoms with Gasteiger partial charge in [-0.15, -0.1) is 0 Å². The largest absolute Gasteiger partial charge is 0.375 e. The number of hydrogen-bond donors (Lipinski definition) is 1. The van der Waals surface area contributed by atoms with Gasteiger partial charge in [-0.2, -0.15) is 0 Å². The van der Waals surface area contributed by atoms with E-state index in [9.17, 15) is 4.79 Å². The van der Waals surface area contributed by atoms with Gasteiger partial charge in [0.1, 0.15) is 0 Å². The minimum Gasteiger partial charge on any atom is -0.375 e. The summed E-state index contributed by atoms with van der Waals surface area (Å²) in [5.41, 5.74) is 1.32. The Labute approximate surface area is 138 Å². The molecular weight excluding hydrogens is 290 g/mol. The second kappa shape index (κ2) is 7.79. The molecule has 1 amide bonds. The van der Waals surface area contributed by atoms with Crippen LogP contribution < -0.4 is 10.2 Å². The van der Waals surface area contributed by atoms with Crippen LogP contribution in [0.3, 0.4) is 0 Å². The first-order valence-electron chi connectivity index (χ1n) is 8.62. The summed E-state index contributed by atoms with van der Waals surface area (Å²) in [6.45, 7) is 7.55. The van der Waals surface area contributed by atoms with Crippen LogP contribution >= 0.6 is 0 Å². The van der Waals surface area contributed by atoms with Gasteiger partial charge < -0.3 is 15.0 Å². The molecule has 0 unspecified atom stereocenters. The van der Waals surface area contributed by atoms with Crippen molar-refractivity contribution in [3.05, 3.63) is 30.3 Å². The molecule has 2 fully saturated rings. The van der Waals surface area contributed by atoms with Crippen molar-refractivity contribution in [3.63, 3.8) is 0 Å². The molecule has 0 aromatic heterocycles. The van der Waals surface area contributed by atoms with E-state index in [-0.39, 0.29) is 11.9 Å². The summed E-state index contributed by atoms with van der Waals surface area (Å²) in [5.74, 6) is 0.0362. The van der Waals surface area contributed by atoms with Gasteiger partial charge in [0.25, 0.3) is 0 Å². The van der Waals surface area contributed by atoms with Crippen molar-refractivity contribution < 1.29 is 9.53 Å². The minimum absolute atomic E-state index is 0.0362. The monoisotopic (exact) mass is 317 g/mol. The smallest absolute Gasteiger partial charge is 0.217 e. The molecule has 5 heteroatoms. The number of para-hydroxylation sites is 1. The molecule has 0 saturated carbocycles. The number of amides is 1. The first-order chi connectivity index (χ1) is 11.2. The summed E-state index contributed by atoms with van der Waals surface area (Å²) in [5, 5.41) is 2.95. The zero-order valence-corrected chi connectivity index (χ0v) is 13.9. The molecule has 2 aliphatic heterocycles. The van der Waals surface area contributed by atoms with Crippen LogP contribution in [-0.2, 0) is 9.53 Å². The van der Waals surface area contributed by atoms with Crippen LogP contribution in [0.4, 0.5) is 5.69 Å². The predicted molar refractivity (Wildman–Crippen MR) is 91.7 cm³/mol. The molecule has 2 saturated heterocycles. The second-order valence-corrected chi connectivity index (χ2v) is 6.55. The molecule has 2 atom stereocenters. The highest BCUT2D eigenvalue weighted by molar-refractivity contribution is 5.73. The van der Waals surface area contributed by atoms with Gasteiger partial charge in [0.2, 0.25) is 5.91 Å². The summed E-state index contributed by atoms with van der Waals surface area (Å²) in [6.07, 6.45) is 2.36. The van der Waals surface area contributed by atoms with Crippen molar-refractivity contribution >= 4 is 11.6 Å². The Hall–Kier alpha value is -1.59. The summed E-state index contributed by atoms with van der Waals surface area (Å²) in [4.78, 5) is 16.0. The van der Waals surface area contributed by atoms with E-state index in [1.165, 1.54) is 5.69 Å². The Balaban J connectivity index is 1.39. The number of nitrogens with zero attached hydrogens (tertiary/aromatic N) is 2. The molecule has 3 rings (SSSR count). The third-order valence-corrected chi connectivity index (χ3v) is 4.73. The lowest BCUT2D eigenvalue weighted by Gasteiger charge is -2.39. The quantitative estimate of drug-likeness (QED) is 0.914. The number of piperazine rings is 1.